The highest BCUT2D eigenvalue weighted by Gasteiger charge is 2.19. The Labute approximate surface area is 119 Å². The SMILES string of the molecule is Oc1c(C=Nn2cccc2)cccc1C1CCCCC1. The summed E-state index contributed by atoms with van der Waals surface area (Å²) in [6.07, 6.45) is 11.7. The molecule has 1 fully saturated rings. The molecule has 0 saturated heterocycles. The molecule has 0 amide bonds. The van der Waals surface area contributed by atoms with Gasteiger partial charge in [-0.3, -0.25) is 0 Å². The van der Waals surface area contributed by atoms with Gasteiger partial charge in [-0.05, 0) is 42.5 Å². The molecule has 0 atom stereocenters. The van der Waals surface area contributed by atoms with Gasteiger partial charge in [0.2, 0.25) is 0 Å². The molecule has 2 aromatic rings. The van der Waals surface area contributed by atoms with Crippen molar-refractivity contribution in [3.63, 3.8) is 0 Å². The zero-order valence-electron chi connectivity index (χ0n) is 11.6. The Morgan fingerprint density at radius 2 is 1.80 bits per heavy atom. The number of phenols is 1. The highest BCUT2D eigenvalue weighted by Crippen LogP contribution is 2.37. The third kappa shape index (κ3) is 2.77. The standard InChI is InChI=1S/C17H20N2O/c20-17-15(13-18-19-11-4-5-12-19)9-6-10-16(17)14-7-2-1-3-8-14/h4-6,9-14,20H,1-3,7-8H2. The van der Waals surface area contributed by atoms with Crippen molar-refractivity contribution in [1.29, 1.82) is 0 Å². The van der Waals surface area contributed by atoms with Gasteiger partial charge in [0.05, 0.1) is 6.21 Å². The molecule has 104 valence electrons. The number of benzene rings is 1. The number of aromatic nitrogens is 1. The van der Waals surface area contributed by atoms with Crippen molar-refractivity contribution in [3.05, 3.63) is 53.9 Å². The molecule has 20 heavy (non-hydrogen) atoms. The third-order valence-electron chi connectivity index (χ3n) is 4.06. The fourth-order valence-corrected chi connectivity index (χ4v) is 2.96. The lowest BCUT2D eigenvalue weighted by Crippen LogP contribution is -2.05. The smallest absolute Gasteiger partial charge is 0.127 e. The van der Waals surface area contributed by atoms with E-state index < -0.39 is 0 Å². The van der Waals surface area contributed by atoms with Gasteiger partial charge in [-0.15, -0.1) is 0 Å². The number of aromatic hydroxyl groups is 1. The maximum atomic E-state index is 10.5. The molecule has 3 rings (SSSR count). The summed E-state index contributed by atoms with van der Waals surface area (Å²) in [5.74, 6) is 0.902. The van der Waals surface area contributed by atoms with E-state index in [1.54, 1.807) is 10.9 Å². The second kappa shape index (κ2) is 5.95. The quantitative estimate of drug-likeness (QED) is 0.835. The first-order valence-electron chi connectivity index (χ1n) is 7.34. The first kappa shape index (κ1) is 13.0. The van der Waals surface area contributed by atoms with E-state index in [-0.39, 0.29) is 0 Å². The van der Waals surface area contributed by atoms with Crippen molar-refractivity contribution in [1.82, 2.24) is 4.68 Å². The van der Waals surface area contributed by atoms with Crippen molar-refractivity contribution in [3.8, 4) is 5.75 Å². The summed E-state index contributed by atoms with van der Waals surface area (Å²) in [7, 11) is 0. The van der Waals surface area contributed by atoms with Crippen LogP contribution in [-0.2, 0) is 0 Å². The van der Waals surface area contributed by atoms with Crippen LogP contribution in [0.1, 0.15) is 49.1 Å². The van der Waals surface area contributed by atoms with Gasteiger partial charge in [-0.2, -0.15) is 5.10 Å². The van der Waals surface area contributed by atoms with Gasteiger partial charge < -0.3 is 5.11 Å². The van der Waals surface area contributed by atoms with Gasteiger partial charge in [-0.1, -0.05) is 31.4 Å². The molecule has 1 N–H and O–H groups in total. The largest absolute Gasteiger partial charge is 0.507 e. The van der Waals surface area contributed by atoms with Crippen molar-refractivity contribution >= 4 is 6.21 Å². The van der Waals surface area contributed by atoms with E-state index in [1.165, 1.54) is 32.1 Å². The molecule has 0 aliphatic heterocycles. The molecule has 1 heterocycles. The molecule has 3 nitrogen and oxygen atoms in total. The summed E-state index contributed by atoms with van der Waals surface area (Å²) in [6, 6.07) is 9.83. The lowest BCUT2D eigenvalue weighted by atomic mass is 9.83. The van der Waals surface area contributed by atoms with Crippen LogP contribution in [0.25, 0.3) is 0 Å². The van der Waals surface area contributed by atoms with Crippen LogP contribution in [0.2, 0.25) is 0 Å². The maximum absolute atomic E-state index is 10.5. The Morgan fingerprint density at radius 3 is 2.55 bits per heavy atom. The van der Waals surface area contributed by atoms with Gasteiger partial charge in [0.25, 0.3) is 0 Å². The van der Waals surface area contributed by atoms with Crippen LogP contribution in [-0.4, -0.2) is 16.0 Å². The molecular weight excluding hydrogens is 248 g/mol. The van der Waals surface area contributed by atoms with Gasteiger partial charge >= 0.3 is 0 Å². The minimum Gasteiger partial charge on any atom is -0.507 e. The Kier molecular flexibility index (Phi) is 3.86. The van der Waals surface area contributed by atoms with E-state index in [0.717, 1.165) is 11.1 Å². The van der Waals surface area contributed by atoms with Crippen LogP contribution in [0.3, 0.4) is 0 Å². The lowest BCUT2D eigenvalue weighted by Gasteiger charge is -2.23. The fraction of sp³-hybridized carbons (Fsp3) is 0.353. The Balaban J connectivity index is 1.85. The van der Waals surface area contributed by atoms with Crippen LogP contribution in [0, 0.1) is 0 Å². The average molecular weight is 268 g/mol. The van der Waals surface area contributed by atoms with Crippen LogP contribution < -0.4 is 0 Å². The van der Waals surface area contributed by atoms with Crippen molar-refractivity contribution in [2.24, 2.45) is 5.10 Å². The zero-order chi connectivity index (χ0) is 13.8. The molecule has 1 saturated carbocycles. The highest BCUT2D eigenvalue weighted by atomic mass is 16.3. The molecule has 1 aliphatic rings. The van der Waals surface area contributed by atoms with E-state index in [0.29, 0.717) is 11.7 Å². The second-order valence-corrected chi connectivity index (χ2v) is 5.43. The van der Waals surface area contributed by atoms with Crippen molar-refractivity contribution in [2.75, 3.05) is 0 Å². The van der Waals surface area contributed by atoms with Crippen LogP contribution in [0.15, 0.2) is 47.8 Å². The molecule has 0 spiro atoms. The van der Waals surface area contributed by atoms with Gasteiger partial charge in [0.1, 0.15) is 5.75 Å². The summed E-state index contributed by atoms with van der Waals surface area (Å²) in [4.78, 5) is 0. The predicted octanol–water partition coefficient (Wildman–Crippen LogP) is 4.12. The highest BCUT2D eigenvalue weighted by molar-refractivity contribution is 5.84. The van der Waals surface area contributed by atoms with Crippen LogP contribution in [0.5, 0.6) is 5.75 Å². The monoisotopic (exact) mass is 268 g/mol. The average Bonchev–Trinajstić information content (AvgIpc) is 3.00. The number of hydrogen-bond acceptors (Lipinski definition) is 2. The first-order valence-corrected chi connectivity index (χ1v) is 7.34. The fourth-order valence-electron chi connectivity index (χ4n) is 2.96. The van der Waals surface area contributed by atoms with E-state index >= 15 is 0 Å². The Bertz CT molecular complexity index is 581. The molecule has 1 aromatic carbocycles. The van der Waals surface area contributed by atoms with Gasteiger partial charge in [0.15, 0.2) is 0 Å². The number of phenolic OH excluding ortho intramolecular Hbond substituents is 1. The van der Waals surface area contributed by atoms with E-state index in [1.807, 2.05) is 36.7 Å². The first-order chi connectivity index (χ1) is 9.84. The zero-order valence-corrected chi connectivity index (χ0v) is 11.6. The summed E-state index contributed by atoms with van der Waals surface area (Å²) >= 11 is 0. The topological polar surface area (TPSA) is 37.5 Å². The van der Waals surface area contributed by atoms with Crippen LogP contribution in [0.4, 0.5) is 0 Å². The molecule has 1 aromatic heterocycles. The Morgan fingerprint density at radius 1 is 1.05 bits per heavy atom. The predicted molar refractivity (Wildman–Crippen MR) is 81.4 cm³/mol. The Hall–Kier alpha value is -2.03. The molecule has 0 radical (unpaired) electrons. The summed E-state index contributed by atoms with van der Waals surface area (Å²) in [5, 5.41) is 14.8. The molecule has 1 aliphatic carbocycles. The maximum Gasteiger partial charge on any atom is 0.127 e. The third-order valence-corrected chi connectivity index (χ3v) is 4.06. The van der Waals surface area contributed by atoms with Gasteiger partial charge in [0, 0.05) is 18.0 Å². The number of para-hydroxylation sites is 1. The lowest BCUT2D eigenvalue weighted by molar-refractivity contribution is 0.414. The molecule has 0 bridgehead atoms. The summed E-state index contributed by atoms with van der Waals surface area (Å²) < 4.78 is 1.73. The van der Waals surface area contributed by atoms with Gasteiger partial charge in [-0.25, -0.2) is 4.68 Å². The van der Waals surface area contributed by atoms with Crippen LogP contribution >= 0.6 is 0 Å². The normalized spacial score (nSPS) is 16.8. The minimum atomic E-state index is 0.398. The second-order valence-electron chi connectivity index (χ2n) is 5.43. The minimum absolute atomic E-state index is 0.398. The summed E-state index contributed by atoms with van der Waals surface area (Å²) in [6.45, 7) is 0. The van der Waals surface area contributed by atoms with E-state index in [9.17, 15) is 5.11 Å². The summed E-state index contributed by atoms with van der Waals surface area (Å²) in [5.41, 5.74) is 1.88. The number of nitrogens with zero attached hydrogens (tertiary/aromatic N) is 2. The van der Waals surface area contributed by atoms with E-state index in [2.05, 4.69) is 11.2 Å². The number of hydrogen-bond donors (Lipinski definition) is 1. The van der Waals surface area contributed by atoms with Crippen molar-refractivity contribution in [2.45, 2.75) is 38.0 Å². The molecular formula is C17H20N2O. The van der Waals surface area contributed by atoms with E-state index in [4.69, 9.17) is 0 Å². The molecule has 0 unspecified atom stereocenters. The molecule has 3 heteroatoms. The number of rotatable bonds is 3. The van der Waals surface area contributed by atoms with Crippen molar-refractivity contribution < 1.29 is 5.11 Å².